The Morgan fingerprint density at radius 2 is 1.97 bits per heavy atom. The number of aliphatic hydroxyl groups is 1. The number of fused-ring (bicyclic) bond motifs is 1. The molecule has 1 unspecified atom stereocenters. The molecule has 2 N–H and O–H groups in total. The maximum Gasteiger partial charge on any atom is 0.262 e. The Labute approximate surface area is 177 Å². The number of hydrogen-bond acceptors (Lipinski definition) is 5. The van der Waals surface area contributed by atoms with Crippen molar-refractivity contribution in [3.8, 4) is 0 Å². The molecule has 3 rings (SSSR count). The van der Waals surface area contributed by atoms with Crippen molar-refractivity contribution in [2.75, 3.05) is 6.61 Å². The zero-order valence-corrected chi connectivity index (χ0v) is 17.5. The number of halogens is 1. The SMILES string of the molecule is CC(Sc1nc2ccccc2c(=O)n1CCCO)C(=O)NCc1ccccc1Cl. The minimum Gasteiger partial charge on any atom is -0.396 e. The van der Waals surface area contributed by atoms with Crippen molar-refractivity contribution in [2.24, 2.45) is 0 Å². The van der Waals surface area contributed by atoms with Crippen LogP contribution in [0.5, 0.6) is 0 Å². The van der Waals surface area contributed by atoms with E-state index in [2.05, 4.69) is 10.3 Å². The molecule has 0 saturated heterocycles. The van der Waals surface area contributed by atoms with E-state index in [1.807, 2.05) is 24.3 Å². The van der Waals surface area contributed by atoms with E-state index >= 15 is 0 Å². The van der Waals surface area contributed by atoms with Gasteiger partial charge in [-0.15, -0.1) is 0 Å². The van der Waals surface area contributed by atoms with Crippen molar-refractivity contribution in [3.05, 3.63) is 69.5 Å². The molecule has 1 amide bonds. The number of rotatable bonds is 8. The van der Waals surface area contributed by atoms with Crippen LogP contribution in [-0.4, -0.2) is 32.4 Å². The number of benzene rings is 2. The van der Waals surface area contributed by atoms with E-state index in [0.717, 1.165) is 5.56 Å². The largest absolute Gasteiger partial charge is 0.396 e. The first-order valence-corrected chi connectivity index (χ1v) is 10.5. The Balaban J connectivity index is 1.79. The van der Waals surface area contributed by atoms with Gasteiger partial charge in [0.2, 0.25) is 5.91 Å². The van der Waals surface area contributed by atoms with Crippen molar-refractivity contribution in [1.29, 1.82) is 0 Å². The minimum absolute atomic E-state index is 0.0305. The molecule has 1 atom stereocenters. The van der Waals surface area contributed by atoms with Gasteiger partial charge in [-0.3, -0.25) is 14.2 Å². The van der Waals surface area contributed by atoms with E-state index in [1.54, 1.807) is 31.2 Å². The highest BCUT2D eigenvalue weighted by molar-refractivity contribution is 8.00. The third-order valence-corrected chi connectivity index (χ3v) is 5.89. The number of hydrogen-bond donors (Lipinski definition) is 2. The van der Waals surface area contributed by atoms with Gasteiger partial charge in [0.1, 0.15) is 0 Å². The molecule has 6 nitrogen and oxygen atoms in total. The van der Waals surface area contributed by atoms with Crippen LogP contribution >= 0.6 is 23.4 Å². The van der Waals surface area contributed by atoms with Gasteiger partial charge in [-0.25, -0.2) is 4.98 Å². The third-order valence-electron chi connectivity index (χ3n) is 4.43. The van der Waals surface area contributed by atoms with Crippen molar-refractivity contribution in [3.63, 3.8) is 0 Å². The average molecular weight is 432 g/mol. The van der Waals surface area contributed by atoms with Gasteiger partial charge >= 0.3 is 0 Å². The minimum atomic E-state index is -0.467. The van der Waals surface area contributed by atoms with E-state index in [1.165, 1.54) is 16.3 Å². The Morgan fingerprint density at radius 3 is 2.72 bits per heavy atom. The summed E-state index contributed by atoms with van der Waals surface area (Å²) < 4.78 is 1.53. The maximum absolute atomic E-state index is 12.9. The highest BCUT2D eigenvalue weighted by Crippen LogP contribution is 2.23. The molecule has 0 fully saturated rings. The summed E-state index contributed by atoms with van der Waals surface area (Å²) >= 11 is 7.36. The summed E-state index contributed by atoms with van der Waals surface area (Å²) in [6.07, 6.45) is 0.431. The van der Waals surface area contributed by atoms with Gasteiger partial charge in [0.15, 0.2) is 5.16 Å². The van der Waals surface area contributed by atoms with Crippen LogP contribution in [0.3, 0.4) is 0 Å². The highest BCUT2D eigenvalue weighted by Gasteiger charge is 2.19. The first kappa shape index (κ1) is 21.4. The summed E-state index contributed by atoms with van der Waals surface area (Å²) in [5, 5.41) is 13.2. The lowest BCUT2D eigenvalue weighted by Crippen LogP contribution is -2.32. The number of amides is 1. The number of nitrogens with zero attached hydrogens (tertiary/aromatic N) is 2. The number of thioether (sulfide) groups is 1. The number of aliphatic hydroxyl groups excluding tert-OH is 1. The van der Waals surface area contributed by atoms with Crippen molar-refractivity contribution < 1.29 is 9.90 Å². The smallest absolute Gasteiger partial charge is 0.262 e. The second-order valence-electron chi connectivity index (χ2n) is 6.51. The molecule has 2 aromatic carbocycles. The Bertz CT molecular complexity index is 1070. The fraction of sp³-hybridized carbons (Fsp3) is 0.286. The number of para-hydroxylation sites is 1. The van der Waals surface area contributed by atoms with Gasteiger partial charge < -0.3 is 10.4 Å². The quantitative estimate of drug-likeness (QED) is 0.422. The fourth-order valence-corrected chi connectivity index (χ4v) is 4.00. The molecule has 0 aliphatic rings. The van der Waals surface area contributed by atoms with E-state index < -0.39 is 5.25 Å². The molecule has 29 heavy (non-hydrogen) atoms. The number of nitrogens with one attached hydrogen (secondary N) is 1. The van der Waals surface area contributed by atoms with Gasteiger partial charge in [-0.2, -0.15) is 0 Å². The van der Waals surface area contributed by atoms with Crippen LogP contribution < -0.4 is 10.9 Å². The summed E-state index contributed by atoms with van der Waals surface area (Å²) in [6.45, 7) is 2.40. The van der Waals surface area contributed by atoms with E-state index in [4.69, 9.17) is 11.6 Å². The molecule has 0 aliphatic carbocycles. The Hall–Kier alpha value is -2.35. The van der Waals surface area contributed by atoms with Crippen molar-refractivity contribution in [2.45, 2.75) is 36.8 Å². The Kier molecular flexibility index (Phi) is 7.30. The predicted molar refractivity (Wildman–Crippen MR) is 116 cm³/mol. The topological polar surface area (TPSA) is 84.2 Å². The Morgan fingerprint density at radius 1 is 1.24 bits per heavy atom. The zero-order chi connectivity index (χ0) is 20.8. The molecule has 0 aliphatic heterocycles. The zero-order valence-electron chi connectivity index (χ0n) is 16.0. The summed E-state index contributed by atoms with van der Waals surface area (Å²) in [5.74, 6) is -0.175. The lowest BCUT2D eigenvalue weighted by Gasteiger charge is -2.16. The molecule has 0 bridgehead atoms. The predicted octanol–water partition coefficient (Wildman–Crippen LogP) is 3.23. The molecule has 1 heterocycles. The fourth-order valence-electron chi connectivity index (χ4n) is 2.84. The average Bonchev–Trinajstić information content (AvgIpc) is 2.72. The monoisotopic (exact) mass is 431 g/mol. The number of carbonyl (C=O) groups is 1. The second-order valence-corrected chi connectivity index (χ2v) is 8.23. The summed E-state index contributed by atoms with van der Waals surface area (Å²) in [6, 6.07) is 14.5. The van der Waals surface area contributed by atoms with Crippen LogP contribution in [-0.2, 0) is 17.9 Å². The third kappa shape index (κ3) is 5.18. The maximum atomic E-state index is 12.9. The normalized spacial score (nSPS) is 12.1. The molecular formula is C21H22ClN3O3S. The van der Waals surface area contributed by atoms with Gasteiger partial charge in [0.05, 0.1) is 16.2 Å². The molecule has 3 aromatic rings. The number of aromatic nitrogens is 2. The number of carbonyl (C=O) groups excluding carboxylic acids is 1. The van der Waals surface area contributed by atoms with Gasteiger partial charge in [0.25, 0.3) is 5.56 Å². The molecule has 0 saturated carbocycles. The van der Waals surface area contributed by atoms with Crippen LogP contribution in [0.25, 0.3) is 10.9 Å². The summed E-state index contributed by atoms with van der Waals surface area (Å²) in [4.78, 5) is 30.0. The first-order valence-electron chi connectivity index (χ1n) is 9.29. The van der Waals surface area contributed by atoms with Crippen LogP contribution in [0.2, 0.25) is 5.02 Å². The van der Waals surface area contributed by atoms with Gasteiger partial charge in [0, 0.05) is 24.7 Å². The van der Waals surface area contributed by atoms with Crippen molar-refractivity contribution >= 4 is 40.2 Å². The van der Waals surface area contributed by atoms with Gasteiger partial charge in [-0.1, -0.05) is 53.7 Å². The van der Waals surface area contributed by atoms with E-state index in [-0.39, 0.29) is 18.1 Å². The van der Waals surface area contributed by atoms with Crippen LogP contribution in [0, 0.1) is 0 Å². The van der Waals surface area contributed by atoms with Crippen LogP contribution in [0.1, 0.15) is 18.9 Å². The van der Waals surface area contributed by atoms with Crippen LogP contribution in [0.15, 0.2) is 58.5 Å². The molecule has 152 valence electrons. The molecule has 0 spiro atoms. The highest BCUT2D eigenvalue weighted by atomic mass is 35.5. The van der Waals surface area contributed by atoms with Gasteiger partial charge in [-0.05, 0) is 37.1 Å². The van der Waals surface area contributed by atoms with Crippen molar-refractivity contribution in [1.82, 2.24) is 14.9 Å². The molecule has 0 radical (unpaired) electrons. The molecule has 1 aromatic heterocycles. The first-order chi connectivity index (χ1) is 14.0. The molecule has 8 heteroatoms. The standard InChI is InChI=1S/C21H22ClN3O3S/c1-14(19(27)23-13-15-7-2-4-9-17(15)22)29-21-24-18-10-5-3-8-16(18)20(28)25(21)11-6-12-26/h2-5,7-10,14,26H,6,11-13H2,1H3,(H,23,27). The molecular weight excluding hydrogens is 410 g/mol. The summed E-state index contributed by atoms with van der Waals surface area (Å²) in [7, 11) is 0. The van der Waals surface area contributed by atoms with Crippen LogP contribution in [0.4, 0.5) is 0 Å². The van der Waals surface area contributed by atoms with E-state index in [9.17, 15) is 14.7 Å². The lowest BCUT2D eigenvalue weighted by molar-refractivity contribution is -0.120. The van der Waals surface area contributed by atoms with E-state index in [0.29, 0.717) is 40.6 Å². The second kappa shape index (κ2) is 9.91. The summed E-state index contributed by atoms with van der Waals surface area (Å²) in [5.41, 5.74) is 1.25. The lowest BCUT2D eigenvalue weighted by atomic mass is 10.2.